The number of ketones is 1. The first-order valence-electron chi connectivity index (χ1n) is 17.1. The number of nitrogens with one attached hydrogen (secondary N) is 2. The van der Waals surface area contributed by atoms with Crippen molar-refractivity contribution in [3.63, 3.8) is 0 Å². The number of thioether (sulfide) groups is 1. The quantitative estimate of drug-likeness (QED) is 0.118. The van der Waals surface area contributed by atoms with Crippen LogP contribution in [0.3, 0.4) is 0 Å². The second kappa shape index (κ2) is 13.8. The number of anilines is 1. The minimum Gasteiger partial charge on any atom is -0.362 e. The molecule has 3 unspecified atom stereocenters. The maximum Gasteiger partial charge on any atom is 0.233 e. The fraction of sp³-hybridized carbons (Fsp3) is 0.436. The molecule has 1 saturated heterocycles. The highest BCUT2D eigenvalue weighted by Crippen LogP contribution is 2.66. The molecule has 7 rings (SSSR count). The summed E-state index contributed by atoms with van der Waals surface area (Å²) >= 11 is 7.60. The minimum atomic E-state index is -0.458. The Morgan fingerprint density at radius 1 is 1.02 bits per heavy atom. The van der Waals surface area contributed by atoms with Gasteiger partial charge in [0.05, 0.1) is 16.8 Å². The summed E-state index contributed by atoms with van der Waals surface area (Å²) in [6.07, 6.45) is 6.08. The molecule has 2 N–H and O–H groups in total. The normalized spacial score (nSPS) is 25.1. The van der Waals surface area contributed by atoms with Crippen molar-refractivity contribution < 1.29 is 9.59 Å². The first-order valence-corrected chi connectivity index (χ1v) is 18.6. The number of nitrogens with zero attached hydrogens (tertiary/aromatic N) is 3. The number of fused-ring (bicyclic) bond motifs is 1. The van der Waals surface area contributed by atoms with Gasteiger partial charge in [-0.05, 0) is 86.1 Å². The van der Waals surface area contributed by atoms with Gasteiger partial charge in [-0.1, -0.05) is 65.7 Å². The third-order valence-corrected chi connectivity index (χ3v) is 12.2. The summed E-state index contributed by atoms with van der Waals surface area (Å²) in [6, 6.07) is 24.2. The Morgan fingerprint density at radius 2 is 1.75 bits per heavy atom. The molecular formula is C39H44ClN5O2S. The Balaban J connectivity index is 0.924. The number of halogens is 1. The predicted molar refractivity (Wildman–Crippen MR) is 196 cm³/mol. The second-order valence-electron chi connectivity index (χ2n) is 14.3. The fourth-order valence-corrected chi connectivity index (χ4v) is 8.82. The van der Waals surface area contributed by atoms with Gasteiger partial charge in [0.2, 0.25) is 5.91 Å². The number of para-hydroxylation sites is 1. The van der Waals surface area contributed by atoms with Crippen LogP contribution < -0.4 is 15.5 Å². The summed E-state index contributed by atoms with van der Waals surface area (Å²) in [5, 5.41) is 8.29. The molecular weight excluding hydrogens is 638 g/mol. The SMILES string of the molecule is Cc1ccc(C(=O)CC(SCc2ccc(Cl)cc2)C(=O)NCC2CCC3(CC2)C[C@@H]3C2NC2c2nc(N(C)C)c3ccccc3n2)cc1. The van der Waals surface area contributed by atoms with E-state index < -0.39 is 5.25 Å². The van der Waals surface area contributed by atoms with E-state index >= 15 is 0 Å². The van der Waals surface area contributed by atoms with Gasteiger partial charge in [-0.2, -0.15) is 0 Å². The van der Waals surface area contributed by atoms with Crippen molar-refractivity contribution in [1.29, 1.82) is 0 Å². The number of Topliss-reactive ketones (excluding diaryl/α,β-unsaturated/α-hetero) is 1. The first-order chi connectivity index (χ1) is 23.2. The number of rotatable bonds is 12. The molecule has 2 aliphatic carbocycles. The van der Waals surface area contributed by atoms with E-state index in [0.717, 1.165) is 46.5 Å². The zero-order valence-corrected chi connectivity index (χ0v) is 29.5. The predicted octanol–water partition coefficient (Wildman–Crippen LogP) is 7.56. The van der Waals surface area contributed by atoms with Crippen LogP contribution in [-0.2, 0) is 10.5 Å². The van der Waals surface area contributed by atoms with Crippen molar-refractivity contribution >= 4 is 51.8 Å². The van der Waals surface area contributed by atoms with Crippen LogP contribution in [0.2, 0.25) is 5.02 Å². The highest BCUT2D eigenvalue weighted by Gasteiger charge is 2.64. The van der Waals surface area contributed by atoms with Crippen LogP contribution in [-0.4, -0.2) is 53.6 Å². The molecule has 4 aromatic rings. The van der Waals surface area contributed by atoms with Gasteiger partial charge >= 0.3 is 0 Å². The molecule has 0 bridgehead atoms. The van der Waals surface area contributed by atoms with E-state index in [2.05, 4.69) is 27.7 Å². The number of aromatic nitrogens is 2. The molecule has 3 aliphatic rings. The Morgan fingerprint density at radius 3 is 2.48 bits per heavy atom. The van der Waals surface area contributed by atoms with E-state index in [-0.39, 0.29) is 24.2 Å². The topological polar surface area (TPSA) is 97.1 Å². The van der Waals surface area contributed by atoms with Crippen LogP contribution in [0.1, 0.15) is 71.9 Å². The van der Waals surface area contributed by atoms with Crippen molar-refractivity contribution in [2.45, 2.75) is 68.5 Å². The highest BCUT2D eigenvalue weighted by molar-refractivity contribution is 7.99. The molecule has 2 saturated carbocycles. The van der Waals surface area contributed by atoms with Gasteiger partial charge in [0, 0.05) is 54.8 Å². The van der Waals surface area contributed by atoms with E-state index in [9.17, 15) is 9.59 Å². The average molecular weight is 682 g/mol. The van der Waals surface area contributed by atoms with Crippen molar-refractivity contribution in [1.82, 2.24) is 20.6 Å². The Labute approximate surface area is 292 Å². The summed E-state index contributed by atoms with van der Waals surface area (Å²) in [4.78, 5) is 38.8. The Bertz CT molecular complexity index is 1790. The number of carbonyl (C=O) groups is 2. The zero-order chi connectivity index (χ0) is 33.4. The Hall–Kier alpha value is -3.46. The molecule has 0 radical (unpaired) electrons. The molecule has 7 nitrogen and oxygen atoms in total. The number of benzene rings is 3. The van der Waals surface area contributed by atoms with Crippen LogP contribution in [0.5, 0.6) is 0 Å². The molecule has 1 amide bonds. The highest BCUT2D eigenvalue weighted by atomic mass is 35.5. The van der Waals surface area contributed by atoms with Crippen molar-refractivity contribution in [3.8, 4) is 0 Å². The molecule has 1 aliphatic heterocycles. The molecule has 3 fully saturated rings. The lowest BCUT2D eigenvalue weighted by molar-refractivity contribution is -0.120. The van der Waals surface area contributed by atoms with E-state index in [1.165, 1.54) is 31.0 Å². The third kappa shape index (κ3) is 7.26. The summed E-state index contributed by atoms with van der Waals surface area (Å²) in [5.74, 6) is 3.60. The number of aryl methyl sites for hydroxylation is 1. The van der Waals surface area contributed by atoms with Gasteiger partial charge in [0.1, 0.15) is 11.6 Å². The van der Waals surface area contributed by atoms with E-state index in [4.69, 9.17) is 21.6 Å². The van der Waals surface area contributed by atoms with Gasteiger partial charge in [-0.15, -0.1) is 11.8 Å². The van der Waals surface area contributed by atoms with Crippen molar-refractivity contribution in [2.75, 3.05) is 25.5 Å². The van der Waals surface area contributed by atoms with Gasteiger partial charge in [-0.25, -0.2) is 9.97 Å². The van der Waals surface area contributed by atoms with Gasteiger partial charge in [0.25, 0.3) is 0 Å². The lowest BCUT2D eigenvalue weighted by atomic mass is 9.78. The second-order valence-corrected chi connectivity index (χ2v) is 15.9. The van der Waals surface area contributed by atoms with Crippen molar-refractivity contribution in [2.24, 2.45) is 17.3 Å². The van der Waals surface area contributed by atoms with Crippen molar-refractivity contribution in [3.05, 3.63) is 100 Å². The first kappa shape index (κ1) is 33.1. The monoisotopic (exact) mass is 681 g/mol. The van der Waals surface area contributed by atoms with Gasteiger partial charge in [0.15, 0.2) is 5.78 Å². The van der Waals surface area contributed by atoms with Crippen LogP contribution >= 0.6 is 23.4 Å². The summed E-state index contributed by atoms with van der Waals surface area (Å²) in [7, 11) is 4.08. The zero-order valence-electron chi connectivity index (χ0n) is 27.9. The molecule has 48 heavy (non-hydrogen) atoms. The summed E-state index contributed by atoms with van der Waals surface area (Å²) < 4.78 is 0. The lowest BCUT2D eigenvalue weighted by Crippen LogP contribution is -2.38. The van der Waals surface area contributed by atoms with Gasteiger partial charge in [-0.3, -0.25) is 9.59 Å². The number of carbonyl (C=O) groups excluding carboxylic acids is 2. The van der Waals surface area contributed by atoms with Crippen LogP contribution in [0.15, 0.2) is 72.8 Å². The van der Waals surface area contributed by atoms with Crippen LogP contribution in [0, 0.1) is 24.2 Å². The van der Waals surface area contributed by atoms with Crippen LogP contribution in [0.4, 0.5) is 5.82 Å². The Kier molecular flexibility index (Phi) is 9.51. The molecule has 1 aromatic heterocycles. The van der Waals surface area contributed by atoms with E-state index in [0.29, 0.717) is 46.2 Å². The maximum absolute atomic E-state index is 13.6. The summed E-state index contributed by atoms with van der Waals surface area (Å²) in [5.41, 5.74) is 4.25. The molecule has 4 atom stereocenters. The molecule has 3 aromatic carbocycles. The standard InChI is InChI=1S/C39H44ClN5O2S/c1-24-8-12-27(13-9-24)32(46)20-33(48-23-26-10-14-28(40)15-11-26)38(47)41-22-25-16-18-39(19-17-25)21-30(39)34-35(43-34)36-42-31-7-5-4-6-29(31)37(44-36)45(2)3/h4-15,25,30,33-35,43H,16-23H2,1-3H3,(H,41,47)/t25?,30-,33?,34?,35?,39?/m1/s1. The molecule has 1 spiro atoms. The minimum absolute atomic E-state index is 0.00263. The average Bonchev–Trinajstić information content (AvgIpc) is 4.02. The number of amides is 1. The molecule has 2 heterocycles. The number of hydrogen-bond donors (Lipinski definition) is 2. The van der Waals surface area contributed by atoms with Crippen LogP contribution in [0.25, 0.3) is 10.9 Å². The molecule has 250 valence electrons. The maximum atomic E-state index is 13.6. The number of hydrogen-bond acceptors (Lipinski definition) is 7. The fourth-order valence-electron chi connectivity index (χ4n) is 7.60. The third-order valence-electron chi connectivity index (χ3n) is 10.7. The summed E-state index contributed by atoms with van der Waals surface area (Å²) in [6.45, 7) is 2.67. The van der Waals surface area contributed by atoms with Gasteiger partial charge < -0.3 is 15.5 Å². The van der Waals surface area contributed by atoms with E-state index in [1.54, 1.807) is 0 Å². The van der Waals surface area contributed by atoms with E-state index in [1.807, 2.05) is 81.7 Å². The smallest absolute Gasteiger partial charge is 0.233 e. The largest absolute Gasteiger partial charge is 0.362 e. The lowest BCUT2D eigenvalue weighted by Gasteiger charge is -2.30. The molecule has 9 heteroatoms.